The van der Waals surface area contributed by atoms with Gasteiger partial charge >= 0.3 is 0 Å². The Morgan fingerprint density at radius 3 is 2.78 bits per heavy atom. The van der Waals surface area contributed by atoms with Crippen LogP contribution in [0.1, 0.15) is 65.0 Å². The maximum Gasteiger partial charge on any atom is 0.256 e. The van der Waals surface area contributed by atoms with E-state index in [1.54, 1.807) is 6.07 Å². The largest absolute Gasteiger partial charge is 0.358 e. The molecule has 3 N–H and O–H groups in total. The molecule has 2 amide bonds. The molecule has 0 saturated carbocycles. The number of amides is 2. The second-order valence-electron chi connectivity index (χ2n) is 8.99. The summed E-state index contributed by atoms with van der Waals surface area (Å²) in [6, 6.07) is 5.50. The molecule has 3 aliphatic rings. The van der Waals surface area contributed by atoms with Gasteiger partial charge in [-0.1, -0.05) is 24.1 Å². The van der Waals surface area contributed by atoms with E-state index in [1.807, 2.05) is 19.1 Å². The first-order valence-corrected chi connectivity index (χ1v) is 12.0. The van der Waals surface area contributed by atoms with Crippen LogP contribution in [-0.4, -0.2) is 47.9 Å². The van der Waals surface area contributed by atoms with Gasteiger partial charge in [-0.2, -0.15) is 0 Å². The van der Waals surface area contributed by atoms with Crippen molar-refractivity contribution in [1.29, 1.82) is 0 Å². The minimum Gasteiger partial charge on any atom is -0.358 e. The zero-order chi connectivity index (χ0) is 22.2. The van der Waals surface area contributed by atoms with E-state index >= 15 is 0 Å². The van der Waals surface area contributed by atoms with Crippen LogP contribution in [0.5, 0.6) is 0 Å². The van der Waals surface area contributed by atoms with Gasteiger partial charge in [0.1, 0.15) is 0 Å². The third-order valence-corrected chi connectivity index (χ3v) is 7.10. The summed E-state index contributed by atoms with van der Waals surface area (Å²) >= 11 is 6.11. The summed E-state index contributed by atoms with van der Waals surface area (Å²) in [4.78, 5) is 31.8. The number of rotatable bonds is 4. The molecule has 0 unspecified atom stereocenters. The predicted molar refractivity (Wildman–Crippen MR) is 128 cm³/mol. The van der Waals surface area contributed by atoms with Crippen molar-refractivity contribution in [1.82, 2.24) is 15.2 Å². The highest BCUT2D eigenvalue weighted by Crippen LogP contribution is 2.43. The lowest BCUT2D eigenvalue weighted by Crippen LogP contribution is -2.38. The normalized spacial score (nSPS) is 20.6. The molecule has 0 atom stereocenters. The fraction of sp³-hybridized carbons (Fsp3) is 0.440. The number of anilines is 1. The number of likely N-dealkylation sites (tertiary alicyclic amines) is 1. The van der Waals surface area contributed by atoms with Crippen LogP contribution in [0.25, 0.3) is 11.1 Å². The van der Waals surface area contributed by atoms with Crippen molar-refractivity contribution < 1.29 is 9.59 Å². The molecule has 7 heteroatoms. The summed E-state index contributed by atoms with van der Waals surface area (Å²) in [7, 11) is 0. The number of hydrogen-bond acceptors (Lipinski definition) is 3. The van der Waals surface area contributed by atoms with Gasteiger partial charge < -0.3 is 20.5 Å². The van der Waals surface area contributed by atoms with Crippen LogP contribution in [0.2, 0.25) is 5.02 Å². The van der Waals surface area contributed by atoms with Gasteiger partial charge in [-0.05, 0) is 75.4 Å². The molecule has 1 aromatic carbocycles. The van der Waals surface area contributed by atoms with Gasteiger partial charge in [0, 0.05) is 35.1 Å². The van der Waals surface area contributed by atoms with Crippen molar-refractivity contribution in [2.75, 3.05) is 31.5 Å². The fourth-order valence-electron chi connectivity index (χ4n) is 5.35. The number of aromatic nitrogens is 1. The lowest BCUT2D eigenvalue weighted by atomic mass is 9.86. The maximum absolute atomic E-state index is 13.1. The highest BCUT2D eigenvalue weighted by Gasteiger charge is 2.33. The van der Waals surface area contributed by atoms with E-state index in [2.05, 4.69) is 20.5 Å². The van der Waals surface area contributed by atoms with Crippen LogP contribution >= 0.6 is 11.6 Å². The number of H-pyrrole nitrogens is 1. The SMILES string of the molecule is Cc1[nH]c2c(c1C(=O)NCCN1CCCCC1)CCCC2=C1C(=O)Nc2cc(Cl)ccc21. The van der Waals surface area contributed by atoms with Crippen molar-refractivity contribution >= 4 is 40.2 Å². The van der Waals surface area contributed by atoms with Gasteiger partial charge in [0.05, 0.1) is 16.8 Å². The number of hydrogen-bond donors (Lipinski definition) is 3. The second-order valence-corrected chi connectivity index (χ2v) is 9.42. The third kappa shape index (κ3) is 3.86. The van der Waals surface area contributed by atoms with Crippen molar-refractivity contribution in [3.63, 3.8) is 0 Å². The van der Waals surface area contributed by atoms with Crippen molar-refractivity contribution in [2.24, 2.45) is 0 Å². The molecular weight excluding hydrogens is 424 g/mol. The Morgan fingerprint density at radius 2 is 1.97 bits per heavy atom. The lowest BCUT2D eigenvalue weighted by molar-refractivity contribution is -0.110. The molecule has 168 valence electrons. The summed E-state index contributed by atoms with van der Waals surface area (Å²) in [5.41, 5.74) is 6.87. The third-order valence-electron chi connectivity index (χ3n) is 6.86. The van der Waals surface area contributed by atoms with Gasteiger partial charge in [-0.25, -0.2) is 0 Å². The summed E-state index contributed by atoms with van der Waals surface area (Å²) in [5, 5.41) is 6.66. The number of nitrogens with one attached hydrogen (secondary N) is 3. The molecule has 32 heavy (non-hydrogen) atoms. The average molecular weight is 453 g/mol. The second kappa shape index (κ2) is 8.75. The number of carbonyl (C=O) groups excluding carboxylic acids is 2. The smallest absolute Gasteiger partial charge is 0.256 e. The van der Waals surface area contributed by atoms with Gasteiger partial charge in [0.2, 0.25) is 0 Å². The van der Waals surface area contributed by atoms with Gasteiger partial charge in [0.15, 0.2) is 0 Å². The fourth-order valence-corrected chi connectivity index (χ4v) is 5.52. The highest BCUT2D eigenvalue weighted by molar-refractivity contribution is 6.38. The van der Waals surface area contributed by atoms with E-state index in [-0.39, 0.29) is 11.8 Å². The Morgan fingerprint density at radius 1 is 1.16 bits per heavy atom. The quantitative estimate of drug-likeness (QED) is 0.602. The molecular formula is C25H29ClN4O2. The van der Waals surface area contributed by atoms with E-state index in [9.17, 15) is 9.59 Å². The summed E-state index contributed by atoms with van der Waals surface area (Å²) < 4.78 is 0. The Bertz CT molecular complexity index is 1110. The summed E-state index contributed by atoms with van der Waals surface area (Å²) in [6.07, 6.45) is 6.35. The number of fused-ring (bicyclic) bond motifs is 2. The minimum absolute atomic E-state index is 0.0219. The van der Waals surface area contributed by atoms with Crippen LogP contribution in [0.4, 0.5) is 5.69 Å². The topological polar surface area (TPSA) is 77.2 Å². The van der Waals surface area contributed by atoms with Crippen LogP contribution in [0.15, 0.2) is 18.2 Å². The molecule has 0 radical (unpaired) electrons. The Labute approximate surface area is 193 Å². The molecule has 3 heterocycles. The molecule has 1 fully saturated rings. The Hall–Kier alpha value is -2.57. The minimum atomic E-state index is -0.107. The van der Waals surface area contributed by atoms with E-state index < -0.39 is 0 Å². The molecule has 1 aromatic heterocycles. The number of nitrogens with zero attached hydrogens (tertiary/aromatic N) is 1. The monoisotopic (exact) mass is 452 g/mol. The molecule has 2 aromatic rings. The zero-order valence-electron chi connectivity index (χ0n) is 18.4. The van der Waals surface area contributed by atoms with Gasteiger partial charge in [-0.3, -0.25) is 9.59 Å². The Balaban J connectivity index is 1.42. The maximum atomic E-state index is 13.1. The highest BCUT2D eigenvalue weighted by atomic mass is 35.5. The van der Waals surface area contributed by atoms with Crippen molar-refractivity contribution in [2.45, 2.75) is 45.4 Å². The molecule has 1 aliphatic carbocycles. The first-order chi connectivity index (χ1) is 15.5. The van der Waals surface area contributed by atoms with E-state index in [1.165, 1.54) is 19.3 Å². The molecule has 5 rings (SSSR count). The van der Waals surface area contributed by atoms with Crippen molar-refractivity contribution in [3.8, 4) is 0 Å². The molecule has 0 bridgehead atoms. The summed E-state index contributed by atoms with van der Waals surface area (Å²) in [6.45, 7) is 5.75. The number of aryl methyl sites for hydroxylation is 1. The number of allylic oxidation sites excluding steroid dienone is 1. The molecule has 0 spiro atoms. The van der Waals surface area contributed by atoms with Crippen LogP contribution < -0.4 is 10.6 Å². The predicted octanol–water partition coefficient (Wildman–Crippen LogP) is 4.39. The van der Waals surface area contributed by atoms with Crippen molar-refractivity contribution in [3.05, 3.63) is 51.3 Å². The lowest BCUT2D eigenvalue weighted by Gasteiger charge is -2.26. The van der Waals surface area contributed by atoms with E-state index in [4.69, 9.17) is 11.6 Å². The van der Waals surface area contributed by atoms with Gasteiger partial charge in [-0.15, -0.1) is 0 Å². The average Bonchev–Trinajstić information content (AvgIpc) is 3.29. The zero-order valence-corrected chi connectivity index (χ0v) is 19.2. The number of benzene rings is 1. The standard InChI is InChI=1S/C25H29ClN4O2/c1-15-21(24(31)27-10-13-30-11-3-2-4-12-30)18-6-5-7-19(23(18)28-15)22-17-9-8-16(26)14-20(17)29-25(22)32/h8-9,14,28H,2-7,10-13H2,1H3,(H,27,31)(H,29,32). The van der Waals surface area contributed by atoms with E-state index in [0.29, 0.717) is 17.1 Å². The van der Waals surface area contributed by atoms with E-state index in [0.717, 1.165) is 78.2 Å². The molecule has 6 nitrogen and oxygen atoms in total. The summed E-state index contributed by atoms with van der Waals surface area (Å²) in [5.74, 6) is -0.129. The first-order valence-electron chi connectivity index (χ1n) is 11.6. The number of piperidine rings is 1. The number of aromatic amines is 1. The van der Waals surface area contributed by atoms with Crippen LogP contribution in [-0.2, 0) is 11.2 Å². The van der Waals surface area contributed by atoms with Crippen LogP contribution in [0, 0.1) is 6.92 Å². The first kappa shape index (κ1) is 21.3. The van der Waals surface area contributed by atoms with Crippen LogP contribution in [0.3, 0.4) is 0 Å². The molecule has 2 aliphatic heterocycles. The Kier molecular flexibility index (Phi) is 5.82. The molecule has 1 saturated heterocycles. The number of halogens is 1. The number of carbonyl (C=O) groups is 2. The van der Waals surface area contributed by atoms with Gasteiger partial charge in [0.25, 0.3) is 11.8 Å².